The summed E-state index contributed by atoms with van der Waals surface area (Å²) >= 11 is 0. The zero-order valence-corrected chi connectivity index (χ0v) is 14.8. The van der Waals surface area contributed by atoms with Crippen LogP contribution in [0.2, 0.25) is 0 Å². The second-order valence-corrected chi connectivity index (χ2v) is 5.84. The van der Waals surface area contributed by atoms with Crippen LogP contribution in [0.25, 0.3) is 0 Å². The molecule has 0 bridgehead atoms. The van der Waals surface area contributed by atoms with Crippen LogP contribution in [-0.2, 0) is 28.5 Å². The Hall–Kier alpha value is -2.16. The van der Waals surface area contributed by atoms with Crippen molar-refractivity contribution in [3.8, 4) is 12.1 Å². The molecule has 138 valence electrons. The van der Waals surface area contributed by atoms with Crippen molar-refractivity contribution >= 4 is 11.9 Å². The van der Waals surface area contributed by atoms with Gasteiger partial charge in [-0.1, -0.05) is 0 Å². The number of carbonyl (C=O) groups is 2. The van der Waals surface area contributed by atoms with Gasteiger partial charge in [0.05, 0.1) is 18.2 Å². The molecule has 0 aromatic heterocycles. The first kappa shape index (κ1) is 20.9. The van der Waals surface area contributed by atoms with Crippen molar-refractivity contribution in [1.29, 1.82) is 10.5 Å². The Labute approximate surface area is 147 Å². The predicted molar refractivity (Wildman–Crippen MR) is 84.6 cm³/mol. The average molecular weight is 352 g/mol. The van der Waals surface area contributed by atoms with E-state index in [1.165, 1.54) is 21.0 Å². The Morgan fingerprint density at radius 3 is 2.12 bits per heavy atom. The largest absolute Gasteiger partial charge is 0.458 e. The Morgan fingerprint density at radius 2 is 1.60 bits per heavy atom. The maximum atomic E-state index is 11.6. The molecule has 0 aliphatic carbocycles. The minimum Gasteiger partial charge on any atom is -0.458 e. The number of unbranched alkanes of at least 4 members (excludes halogenated alkanes) is 1. The van der Waals surface area contributed by atoms with Crippen molar-refractivity contribution in [3.63, 3.8) is 0 Å². The SMILES string of the molecule is CO[C@H]1O[C@H](CCCC#N)[C@@H](CCC#N)[C@H](OC(C)=O)[C@H]1OC(C)=O. The van der Waals surface area contributed by atoms with E-state index in [1.54, 1.807) is 0 Å². The minimum absolute atomic E-state index is 0.241. The number of ether oxygens (including phenoxy) is 4. The molecule has 1 aliphatic heterocycles. The van der Waals surface area contributed by atoms with Gasteiger partial charge < -0.3 is 18.9 Å². The highest BCUT2D eigenvalue weighted by molar-refractivity contribution is 5.67. The van der Waals surface area contributed by atoms with E-state index in [9.17, 15) is 9.59 Å². The highest BCUT2D eigenvalue weighted by atomic mass is 16.7. The molecule has 1 heterocycles. The number of nitrogens with zero attached hydrogens (tertiary/aromatic N) is 2. The van der Waals surface area contributed by atoms with Crippen molar-refractivity contribution in [2.45, 2.75) is 70.6 Å². The zero-order chi connectivity index (χ0) is 18.8. The summed E-state index contributed by atoms with van der Waals surface area (Å²) in [5.41, 5.74) is 0. The van der Waals surface area contributed by atoms with Gasteiger partial charge in [0.2, 0.25) is 0 Å². The standard InChI is InChI=1S/C17H24N2O6/c1-11(20)23-15-13(7-6-10-19)14(8-4-5-9-18)25-17(22-3)16(15)24-12(2)21/h13-17H,4-8H2,1-3H3/t13-,14-,15+,16-,17+/m1/s1. The summed E-state index contributed by atoms with van der Waals surface area (Å²) < 4.78 is 21.9. The summed E-state index contributed by atoms with van der Waals surface area (Å²) in [7, 11) is 1.41. The van der Waals surface area contributed by atoms with E-state index >= 15 is 0 Å². The van der Waals surface area contributed by atoms with E-state index in [1.807, 2.05) is 0 Å². The fourth-order valence-electron chi connectivity index (χ4n) is 3.06. The van der Waals surface area contributed by atoms with Gasteiger partial charge in [-0.3, -0.25) is 9.59 Å². The van der Waals surface area contributed by atoms with E-state index in [4.69, 9.17) is 29.5 Å². The average Bonchev–Trinajstić information content (AvgIpc) is 2.55. The van der Waals surface area contributed by atoms with Gasteiger partial charge in [-0.15, -0.1) is 0 Å². The molecule has 1 saturated heterocycles. The Kier molecular flexibility index (Phi) is 8.90. The molecule has 0 saturated carbocycles. The van der Waals surface area contributed by atoms with Crippen LogP contribution in [-0.4, -0.2) is 43.7 Å². The Bertz CT molecular complexity index is 538. The fraction of sp³-hybridized carbons (Fsp3) is 0.765. The molecule has 0 N–H and O–H groups in total. The third kappa shape index (κ3) is 6.33. The molecule has 0 aromatic carbocycles. The Balaban J connectivity index is 3.10. The molecule has 0 amide bonds. The quantitative estimate of drug-likeness (QED) is 0.479. The van der Waals surface area contributed by atoms with E-state index in [0.717, 1.165) is 0 Å². The number of nitriles is 2. The lowest BCUT2D eigenvalue weighted by atomic mass is 9.83. The summed E-state index contributed by atoms with van der Waals surface area (Å²) in [4.78, 5) is 23.0. The maximum absolute atomic E-state index is 11.6. The van der Waals surface area contributed by atoms with Gasteiger partial charge >= 0.3 is 11.9 Å². The molecule has 8 heteroatoms. The highest BCUT2D eigenvalue weighted by Crippen LogP contribution is 2.36. The molecule has 0 aromatic rings. The van der Waals surface area contributed by atoms with Gasteiger partial charge in [-0.2, -0.15) is 10.5 Å². The molecule has 0 unspecified atom stereocenters. The smallest absolute Gasteiger partial charge is 0.303 e. The molecular weight excluding hydrogens is 328 g/mol. The lowest BCUT2D eigenvalue weighted by Crippen LogP contribution is -2.57. The van der Waals surface area contributed by atoms with Gasteiger partial charge in [-0.05, 0) is 19.3 Å². The van der Waals surface area contributed by atoms with Crippen molar-refractivity contribution < 1.29 is 28.5 Å². The van der Waals surface area contributed by atoms with Crippen molar-refractivity contribution in [2.75, 3.05) is 7.11 Å². The Morgan fingerprint density at radius 1 is 1.00 bits per heavy atom. The molecule has 5 atom stereocenters. The number of methoxy groups -OCH3 is 1. The van der Waals surface area contributed by atoms with Crippen LogP contribution in [0.15, 0.2) is 0 Å². The first-order valence-electron chi connectivity index (χ1n) is 8.21. The summed E-state index contributed by atoms with van der Waals surface area (Å²) in [6, 6.07) is 4.15. The van der Waals surface area contributed by atoms with Gasteiger partial charge in [0.1, 0.15) is 6.10 Å². The fourth-order valence-corrected chi connectivity index (χ4v) is 3.06. The number of hydrogen-bond acceptors (Lipinski definition) is 8. The van der Waals surface area contributed by atoms with E-state index in [-0.39, 0.29) is 18.4 Å². The van der Waals surface area contributed by atoms with Crippen LogP contribution < -0.4 is 0 Å². The van der Waals surface area contributed by atoms with Crippen molar-refractivity contribution in [3.05, 3.63) is 0 Å². The predicted octanol–water partition coefficient (Wildman–Crippen LogP) is 1.83. The molecule has 25 heavy (non-hydrogen) atoms. The van der Waals surface area contributed by atoms with Gasteiger partial charge in [0, 0.05) is 39.7 Å². The molecule has 1 aliphatic rings. The first-order chi connectivity index (χ1) is 11.9. The number of esters is 2. The van der Waals surface area contributed by atoms with E-state index in [2.05, 4.69) is 12.1 Å². The van der Waals surface area contributed by atoms with E-state index in [0.29, 0.717) is 25.7 Å². The molecule has 0 radical (unpaired) electrons. The summed E-state index contributed by atoms with van der Waals surface area (Å²) in [6.07, 6.45) is -0.775. The van der Waals surface area contributed by atoms with Crippen molar-refractivity contribution in [1.82, 2.24) is 0 Å². The zero-order valence-electron chi connectivity index (χ0n) is 14.8. The summed E-state index contributed by atoms with van der Waals surface area (Å²) in [5, 5.41) is 17.7. The number of hydrogen-bond donors (Lipinski definition) is 0. The lowest BCUT2D eigenvalue weighted by Gasteiger charge is -2.45. The van der Waals surface area contributed by atoms with Crippen LogP contribution in [0.1, 0.15) is 46.0 Å². The third-order valence-corrected chi connectivity index (χ3v) is 4.00. The highest BCUT2D eigenvalue weighted by Gasteiger charge is 2.49. The van der Waals surface area contributed by atoms with Crippen LogP contribution >= 0.6 is 0 Å². The third-order valence-electron chi connectivity index (χ3n) is 4.00. The number of carbonyl (C=O) groups excluding carboxylic acids is 2. The second-order valence-electron chi connectivity index (χ2n) is 5.84. The maximum Gasteiger partial charge on any atom is 0.303 e. The monoisotopic (exact) mass is 352 g/mol. The number of rotatable bonds is 8. The summed E-state index contributed by atoms with van der Waals surface area (Å²) in [5.74, 6) is -1.40. The van der Waals surface area contributed by atoms with E-state index < -0.39 is 30.4 Å². The van der Waals surface area contributed by atoms with Gasteiger partial charge in [0.15, 0.2) is 12.4 Å². The topological polar surface area (TPSA) is 119 Å². The normalized spacial score (nSPS) is 28.4. The van der Waals surface area contributed by atoms with Crippen LogP contribution in [0.5, 0.6) is 0 Å². The molecule has 1 rings (SSSR count). The summed E-state index contributed by atoms with van der Waals surface area (Å²) in [6.45, 7) is 2.52. The minimum atomic E-state index is -0.915. The van der Waals surface area contributed by atoms with Gasteiger partial charge in [-0.25, -0.2) is 0 Å². The molecule has 0 spiro atoms. The van der Waals surface area contributed by atoms with Crippen LogP contribution in [0.3, 0.4) is 0 Å². The van der Waals surface area contributed by atoms with Crippen LogP contribution in [0.4, 0.5) is 0 Å². The second kappa shape index (κ2) is 10.7. The lowest BCUT2D eigenvalue weighted by molar-refractivity contribution is -0.286. The van der Waals surface area contributed by atoms with Gasteiger partial charge in [0.25, 0.3) is 0 Å². The first-order valence-corrected chi connectivity index (χ1v) is 8.21. The van der Waals surface area contributed by atoms with Crippen molar-refractivity contribution in [2.24, 2.45) is 5.92 Å². The molecule has 1 fully saturated rings. The molecular formula is C17H24N2O6. The van der Waals surface area contributed by atoms with Crippen LogP contribution in [0, 0.1) is 28.6 Å². The molecule has 8 nitrogen and oxygen atoms in total.